The van der Waals surface area contributed by atoms with Crippen molar-refractivity contribution in [3.05, 3.63) is 95.3 Å². The minimum absolute atomic E-state index is 0.0429. The molecule has 0 spiro atoms. The van der Waals surface area contributed by atoms with Gasteiger partial charge in [-0.2, -0.15) is 5.10 Å². The van der Waals surface area contributed by atoms with Crippen LogP contribution in [0.3, 0.4) is 0 Å². The Hall–Kier alpha value is -4.26. The molecule has 0 unspecified atom stereocenters. The standard InChI is InChI=1S/C23H17N5O2/c29-21-14-24-27(19-12-6-4-10-17(19)21)15-22(30)26-23-25-18-11-5-7-13-20(18)28(23)16-8-2-1-3-9-16/h1-14H,15H2,(H,25,26,30). The molecule has 2 aromatic heterocycles. The number of hydrogen-bond acceptors (Lipinski definition) is 4. The summed E-state index contributed by atoms with van der Waals surface area (Å²) in [5, 5.41) is 7.55. The molecule has 2 heterocycles. The fraction of sp³-hybridized carbons (Fsp3) is 0.0435. The Morgan fingerprint density at radius 2 is 1.57 bits per heavy atom. The first-order valence-corrected chi connectivity index (χ1v) is 9.48. The van der Waals surface area contributed by atoms with Crippen molar-refractivity contribution in [3.63, 3.8) is 0 Å². The molecule has 0 aliphatic carbocycles. The van der Waals surface area contributed by atoms with E-state index in [-0.39, 0.29) is 17.9 Å². The van der Waals surface area contributed by atoms with Gasteiger partial charge in [0.1, 0.15) is 6.54 Å². The third-order valence-electron chi connectivity index (χ3n) is 4.88. The van der Waals surface area contributed by atoms with Crippen LogP contribution < -0.4 is 10.7 Å². The molecule has 5 aromatic rings. The quantitative estimate of drug-likeness (QED) is 0.506. The van der Waals surface area contributed by atoms with E-state index >= 15 is 0 Å². The van der Waals surface area contributed by atoms with Crippen LogP contribution in [-0.4, -0.2) is 25.2 Å². The third kappa shape index (κ3) is 3.12. The summed E-state index contributed by atoms with van der Waals surface area (Å²) in [6.07, 6.45) is 1.23. The molecule has 0 fully saturated rings. The Morgan fingerprint density at radius 1 is 0.867 bits per heavy atom. The van der Waals surface area contributed by atoms with Gasteiger partial charge in [-0.05, 0) is 36.4 Å². The summed E-state index contributed by atoms with van der Waals surface area (Å²) in [6, 6.07) is 24.5. The molecule has 0 radical (unpaired) electrons. The van der Waals surface area contributed by atoms with Crippen molar-refractivity contribution in [1.29, 1.82) is 0 Å². The molecule has 0 bridgehead atoms. The Balaban J connectivity index is 1.52. The fourth-order valence-electron chi connectivity index (χ4n) is 3.54. The molecule has 30 heavy (non-hydrogen) atoms. The molecule has 146 valence electrons. The second-order valence-electron chi connectivity index (χ2n) is 6.83. The van der Waals surface area contributed by atoms with Crippen LogP contribution >= 0.6 is 0 Å². The van der Waals surface area contributed by atoms with Crippen LogP contribution in [0.25, 0.3) is 27.6 Å². The van der Waals surface area contributed by atoms with Gasteiger partial charge in [-0.25, -0.2) is 4.98 Å². The molecule has 0 saturated carbocycles. The molecular formula is C23H17N5O2. The smallest absolute Gasteiger partial charge is 0.248 e. The summed E-state index contributed by atoms with van der Waals surface area (Å²) in [5.74, 6) is 0.140. The SMILES string of the molecule is O=C(Cn1ncc(=O)c2ccccc21)Nc1nc2ccccc2n1-c1ccccc1. The summed E-state index contributed by atoms with van der Waals surface area (Å²) >= 11 is 0. The van der Waals surface area contributed by atoms with Crippen LogP contribution in [0.5, 0.6) is 0 Å². The Bertz CT molecular complexity index is 1440. The summed E-state index contributed by atoms with van der Waals surface area (Å²) in [4.78, 5) is 29.5. The van der Waals surface area contributed by atoms with Crippen molar-refractivity contribution in [2.24, 2.45) is 0 Å². The highest BCUT2D eigenvalue weighted by atomic mass is 16.2. The van der Waals surface area contributed by atoms with Crippen LogP contribution in [-0.2, 0) is 11.3 Å². The topological polar surface area (TPSA) is 81.8 Å². The lowest BCUT2D eigenvalue weighted by Gasteiger charge is -2.12. The number of para-hydroxylation sites is 4. The highest BCUT2D eigenvalue weighted by Gasteiger charge is 2.15. The predicted octanol–water partition coefficient (Wildman–Crippen LogP) is 3.37. The molecule has 1 amide bonds. The molecule has 0 saturated heterocycles. The van der Waals surface area contributed by atoms with E-state index in [1.807, 2.05) is 65.2 Å². The van der Waals surface area contributed by atoms with Gasteiger partial charge in [-0.1, -0.05) is 42.5 Å². The maximum absolute atomic E-state index is 12.9. The van der Waals surface area contributed by atoms with Crippen molar-refractivity contribution < 1.29 is 4.79 Å². The summed E-state index contributed by atoms with van der Waals surface area (Å²) < 4.78 is 3.42. The number of aromatic nitrogens is 4. The van der Waals surface area contributed by atoms with Crippen molar-refractivity contribution >= 4 is 33.8 Å². The maximum atomic E-state index is 12.9. The number of anilines is 1. The zero-order valence-corrected chi connectivity index (χ0v) is 15.9. The van der Waals surface area contributed by atoms with Crippen molar-refractivity contribution in [2.45, 2.75) is 6.54 Å². The second kappa shape index (κ2) is 7.29. The first-order valence-electron chi connectivity index (χ1n) is 9.48. The van der Waals surface area contributed by atoms with E-state index in [0.717, 1.165) is 16.7 Å². The molecular weight excluding hydrogens is 378 g/mol. The lowest BCUT2D eigenvalue weighted by atomic mass is 10.2. The molecule has 0 aliphatic heterocycles. The van der Waals surface area contributed by atoms with Gasteiger partial charge >= 0.3 is 0 Å². The average molecular weight is 395 g/mol. The first kappa shape index (κ1) is 17.8. The number of carbonyl (C=O) groups excluding carboxylic acids is 1. The highest BCUT2D eigenvalue weighted by molar-refractivity contribution is 5.93. The van der Waals surface area contributed by atoms with Gasteiger partial charge in [0.05, 0.1) is 22.7 Å². The number of carbonyl (C=O) groups is 1. The van der Waals surface area contributed by atoms with E-state index in [4.69, 9.17) is 0 Å². The van der Waals surface area contributed by atoms with E-state index in [1.54, 1.807) is 18.2 Å². The van der Waals surface area contributed by atoms with Crippen LogP contribution in [0.1, 0.15) is 0 Å². The molecule has 7 nitrogen and oxygen atoms in total. The molecule has 0 aliphatic rings. The number of rotatable bonds is 4. The van der Waals surface area contributed by atoms with Crippen molar-refractivity contribution in [2.75, 3.05) is 5.32 Å². The van der Waals surface area contributed by atoms with Crippen LogP contribution in [0.15, 0.2) is 89.9 Å². The second-order valence-corrected chi connectivity index (χ2v) is 6.83. The van der Waals surface area contributed by atoms with Crippen LogP contribution in [0.4, 0.5) is 5.95 Å². The Morgan fingerprint density at radius 3 is 2.40 bits per heavy atom. The third-order valence-corrected chi connectivity index (χ3v) is 4.88. The highest BCUT2D eigenvalue weighted by Crippen LogP contribution is 2.24. The van der Waals surface area contributed by atoms with Gasteiger partial charge in [0.2, 0.25) is 17.3 Å². The minimum atomic E-state index is -0.288. The fourth-order valence-corrected chi connectivity index (χ4v) is 3.54. The zero-order chi connectivity index (χ0) is 20.5. The molecule has 0 atom stereocenters. The van der Waals surface area contributed by atoms with E-state index in [1.165, 1.54) is 10.9 Å². The molecule has 5 rings (SSSR count). The zero-order valence-electron chi connectivity index (χ0n) is 15.9. The summed E-state index contributed by atoms with van der Waals surface area (Å²) in [5.41, 5.74) is 3.01. The number of nitrogens with zero attached hydrogens (tertiary/aromatic N) is 4. The van der Waals surface area contributed by atoms with Gasteiger partial charge in [-0.3, -0.25) is 24.2 Å². The number of imidazole rings is 1. The average Bonchev–Trinajstić information content (AvgIpc) is 3.14. The molecule has 1 N–H and O–H groups in total. The van der Waals surface area contributed by atoms with Gasteiger partial charge in [-0.15, -0.1) is 0 Å². The maximum Gasteiger partial charge on any atom is 0.248 e. The number of benzene rings is 3. The van der Waals surface area contributed by atoms with Crippen molar-refractivity contribution in [1.82, 2.24) is 19.3 Å². The van der Waals surface area contributed by atoms with E-state index < -0.39 is 0 Å². The van der Waals surface area contributed by atoms with E-state index in [9.17, 15) is 9.59 Å². The van der Waals surface area contributed by atoms with Crippen molar-refractivity contribution in [3.8, 4) is 5.69 Å². The number of fused-ring (bicyclic) bond motifs is 2. The first-order chi connectivity index (χ1) is 14.7. The Labute approximate surface area is 171 Å². The largest absolute Gasteiger partial charge is 0.294 e. The van der Waals surface area contributed by atoms with Crippen LogP contribution in [0, 0.1) is 0 Å². The van der Waals surface area contributed by atoms with E-state index in [0.29, 0.717) is 16.9 Å². The Kier molecular flexibility index (Phi) is 4.33. The molecule has 7 heteroatoms. The van der Waals surface area contributed by atoms with Gasteiger partial charge in [0.25, 0.3) is 0 Å². The minimum Gasteiger partial charge on any atom is -0.294 e. The lowest BCUT2D eigenvalue weighted by molar-refractivity contribution is -0.116. The predicted molar refractivity (Wildman–Crippen MR) is 116 cm³/mol. The number of hydrogen-bond donors (Lipinski definition) is 1. The monoisotopic (exact) mass is 395 g/mol. The van der Waals surface area contributed by atoms with Gasteiger partial charge in [0, 0.05) is 11.1 Å². The number of nitrogens with one attached hydrogen (secondary N) is 1. The summed E-state index contributed by atoms with van der Waals surface area (Å²) in [7, 11) is 0. The van der Waals surface area contributed by atoms with E-state index in [2.05, 4.69) is 15.4 Å². The van der Waals surface area contributed by atoms with Gasteiger partial charge < -0.3 is 0 Å². The normalized spacial score (nSPS) is 11.1. The van der Waals surface area contributed by atoms with Gasteiger partial charge in [0.15, 0.2) is 0 Å². The lowest BCUT2D eigenvalue weighted by Crippen LogP contribution is -2.23. The molecule has 3 aromatic carbocycles. The van der Waals surface area contributed by atoms with Crippen LogP contribution in [0.2, 0.25) is 0 Å². The summed E-state index contributed by atoms with van der Waals surface area (Å²) in [6.45, 7) is -0.0429. The number of amides is 1.